The molecule has 4 N–H and O–H groups in total. The Morgan fingerprint density at radius 3 is 0.682 bits per heavy atom. The van der Waals surface area contributed by atoms with Gasteiger partial charge >= 0.3 is 11.9 Å². The van der Waals surface area contributed by atoms with Crippen LogP contribution in [-0.4, -0.2) is 65.0 Å². The lowest BCUT2D eigenvalue weighted by Crippen LogP contribution is -2.12. The SMILES string of the molecule is CCCCOc1c(OC(=O)c2ccc(-c3c4nc(c(-c5ccccc5)c5ccc([nH]5)c(-c5ccccc5)c5nc(c(-c6ccccc6)c6ccc3[nH]6)C=C5)C=C4)cc2)cc2ccccc2c1-c1c(OCCCC)c(OC(=O)c2ccc(-c3c4nc(c(-c5ccccc5)c5ccc([nH]5)c(-c5ccccc5)c5nc(c(-c6ccccc6)c6ccc3[nH]6)C=C5)C=C4)cc2)cc2ccccc12. The monoisotopic (exact) mass is 1710 g/mol. The lowest BCUT2D eigenvalue weighted by Gasteiger charge is -2.23. The Bertz CT molecular complexity index is 7540. The fourth-order valence-corrected chi connectivity index (χ4v) is 18.5. The number of esters is 2. The number of carbonyl (C=O) groups excluding carboxylic acids is 2. The van der Waals surface area contributed by atoms with Gasteiger partial charge in [0.05, 0.1) is 69.9 Å². The van der Waals surface area contributed by atoms with Crippen LogP contribution in [0.25, 0.3) is 214 Å². The third-order valence-electron chi connectivity index (χ3n) is 24.8. The van der Waals surface area contributed by atoms with Crippen molar-refractivity contribution in [1.82, 2.24) is 39.9 Å². The molecule has 0 unspecified atom stereocenters. The summed E-state index contributed by atoms with van der Waals surface area (Å²) in [5, 5.41) is 3.12. The summed E-state index contributed by atoms with van der Waals surface area (Å²) in [7, 11) is 0. The molecule has 6 aromatic heterocycles. The van der Waals surface area contributed by atoms with Crippen LogP contribution in [-0.2, 0) is 0 Å². The minimum absolute atomic E-state index is 0.197. The van der Waals surface area contributed by atoms with Crippen molar-refractivity contribution in [2.75, 3.05) is 13.2 Å². The first-order valence-corrected chi connectivity index (χ1v) is 44.9. The number of benzene rings is 12. The quantitative estimate of drug-likeness (QED) is 0.0306. The Labute approximate surface area is 762 Å². The van der Waals surface area contributed by atoms with Gasteiger partial charge in [-0.1, -0.05) is 281 Å². The van der Waals surface area contributed by atoms with E-state index in [9.17, 15) is 0 Å². The van der Waals surface area contributed by atoms with E-state index in [-0.39, 0.29) is 24.7 Å². The minimum atomic E-state index is -0.610. The second-order valence-corrected chi connectivity index (χ2v) is 33.1. The molecule has 4 aliphatic heterocycles. The first kappa shape index (κ1) is 80.7. The molecule has 0 saturated carbocycles. The van der Waals surface area contributed by atoms with Crippen molar-refractivity contribution in [1.29, 1.82) is 0 Å². The third kappa shape index (κ3) is 15.4. The van der Waals surface area contributed by atoms with Crippen molar-refractivity contribution < 1.29 is 28.5 Å². The van der Waals surface area contributed by atoms with Crippen LogP contribution in [0.3, 0.4) is 0 Å². The van der Waals surface area contributed by atoms with E-state index in [0.717, 1.165) is 202 Å². The van der Waals surface area contributed by atoms with Gasteiger partial charge in [-0.25, -0.2) is 29.5 Å². The summed E-state index contributed by atoms with van der Waals surface area (Å²) >= 11 is 0. The number of unbranched alkanes of at least 4 members (excludes halogenated alkanes) is 2. The number of aromatic nitrogens is 8. The predicted molar refractivity (Wildman–Crippen MR) is 539 cm³/mol. The third-order valence-corrected chi connectivity index (χ3v) is 24.8. The molecule has 0 aliphatic carbocycles. The van der Waals surface area contributed by atoms with Crippen LogP contribution < -0.4 is 18.9 Å². The molecule has 16 bridgehead atoms. The van der Waals surface area contributed by atoms with E-state index in [4.69, 9.17) is 38.9 Å². The molecule has 18 aromatic rings. The summed E-state index contributed by atoms with van der Waals surface area (Å²) in [6.45, 7) is 4.79. The van der Waals surface area contributed by atoms with E-state index in [1.165, 1.54) is 0 Å². The second-order valence-electron chi connectivity index (χ2n) is 33.1. The molecule has 0 fully saturated rings. The van der Waals surface area contributed by atoms with Gasteiger partial charge in [-0.15, -0.1) is 0 Å². The standard InChI is InChI=1S/C118H86N8O6/c1-3-5-69-129-115-103(131-117(127)81-49-45-79(46-50-81)111-99-65-61-95(123-99)107(75-33-17-9-18-34-75)91-57-53-87(119-91)105(73-29-13-7-14-30-73)88-54-58-92(120-88)108(76-35-19-10-20-36-76)96-62-66-100(111)124-96)71-83-41-25-27-43-85(83)113(115)114-86-44-28-26-42-84(86)72-104(116(114)130-70-6-4-2)132-118(128)82-51-47-80(48-52-82)112-101-67-63-97(125-101)109(77-37-21-11-22-38-77)93-59-55-89(121-93)106(74-31-15-8-16-32-74)90-56-60-94(122-90)110(78-39-23-12-24-40-78)98-64-68-102(112)126-98/h7-68,71-72,119,121,124,126H,3-6,69-70H2,1-2H3. The fourth-order valence-electron chi connectivity index (χ4n) is 18.5. The number of fused-ring (bicyclic) bond motifs is 18. The average Bonchev–Trinajstić information content (AvgIpc) is 1.21. The van der Waals surface area contributed by atoms with Gasteiger partial charge in [0.1, 0.15) is 0 Å². The first-order valence-electron chi connectivity index (χ1n) is 44.9. The summed E-state index contributed by atoms with van der Waals surface area (Å²) in [6, 6.07) is 114. The van der Waals surface area contributed by atoms with E-state index >= 15 is 9.59 Å². The molecule has 0 saturated heterocycles. The number of ether oxygens (including phenoxy) is 4. The molecule has 12 aromatic carbocycles. The van der Waals surface area contributed by atoms with Crippen molar-refractivity contribution in [3.63, 3.8) is 0 Å². The molecule has 634 valence electrons. The fraction of sp³-hybridized carbons (Fsp3) is 0.0678. The second kappa shape index (κ2) is 35.3. The van der Waals surface area contributed by atoms with Gasteiger partial charge in [0.2, 0.25) is 0 Å². The van der Waals surface area contributed by atoms with E-state index in [1.54, 1.807) is 24.3 Å². The molecule has 22 rings (SSSR count). The Morgan fingerprint density at radius 2 is 0.455 bits per heavy atom. The summed E-state index contributed by atoms with van der Waals surface area (Å²) in [5.41, 5.74) is 29.8. The average molecular weight is 1710 g/mol. The first-order chi connectivity index (χ1) is 65.2. The molecule has 14 nitrogen and oxygen atoms in total. The number of hydrogen-bond acceptors (Lipinski definition) is 10. The highest BCUT2D eigenvalue weighted by molar-refractivity contribution is 6.14. The number of aromatic amines is 4. The summed E-state index contributed by atoms with van der Waals surface area (Å²) in [4.78, 5) is 68.6. The smallest absolute Gasteiger partial charge is 0.343 e. The summed E-state index contributed by atoms with van der Waals surface area (Å²) in [5.74, 6) is -0.174. The maximum atomic E-state index is 15.5. The van der Waals surface area contributed by atoms with Gasteiger partial charge in [0.25, 0.3) is 0 Å². The zero-order valence-electron chi connectivity index (χ0n) is 72.4. The maximum absolute atomic E-state index is 15.5. The van der Waals surface area contributed by atoms with Crippen LogP contribution in [0.1, 0.15) is 106 Å². The van der Waals surface area contributed by atoms with Crippen molar-refractivity contribution >= 4 is 126 Å². The highest BCUT2D eigenvalue weighted by Gasteiger charge is 2.31. The predicted octanol–water partition coefficient (Wildman–Crippen LogP) is 29.7. The van der Waals surface area contributed by atoms with Gasteiger partial charge < -0.3 is 38.9 Å². The lowest BCUT2D eigenvalue weighted by molar-refractivity contribution is 0.0719. The van der Waals surface area contributed by atoms with Gasteiger partial charge in [-0.05, 0) is 212 Å². The van der Waals surface area contributed by atoms with Gasteiger partial charge in [0.15, 0.2) is 23.0 Å². The lowest BCUT2D eigenvalue weighted by atomic mass is 9.91. The number of H-pyrrole nitrogens is 4. The Balaban J connectivity index is 0.650. The van der Waals surface area contributed by atoms with E-state index in [2.05, 4.69) is 228 Å². The molecule has 4 aliphatic rings. The molecule has 14 heteroatoms. The van der Waals surface area contributed by atoms with E-state index in [0.29, 0.717) is 58.0 Å². The van der Waals surface area contributed by atoms with Crippen LogP contribution in [0.15, 0.2) is 340 Å². The number of carbonyl (C=O) groups is 2. The van der Waals surface area contributed by atoms with Crippen LogP contribution in [0, 0.1) is 0 Å². The topological polar surface area (TPSA) is 186 Å². The van der Waals surface area contributed by atoms with Gasteiger partial charge in [-0.2, -0.15) is 0 Å². The summed E-state index contributed by atoms with van der Waals surface area (Å²) in [6.07, 6.45) is 19.7. The summed E-state index contributed by atoms with van der Waals surface area (Å²) < 4.78 is 27.8. The number of nitrogens with zero attached hydrogens (tertiary/aromatic N) is 4. The molecular weight excluding hydrogens is 1630 g/mol. The Kier molecular flexibility index (Phi) is 21.6. The van der Waals surface area contributed by atoms with Crippen LogP contribution in [0.2, 0.25) is 0 Å². The molecule has 10 heterocycles. The Morgan fingerprint density at radius 1 is 0.242 bits per heavy atom. The maximum Gasteiger partial charge on any atom is 0.343 e. The normalized spacial score (nSPS) is 12.0. The van der Waals surface area contributed by atoms with E-state index in [1.807, 2.05) is 170 Å². The van der Waals surface area contributed by atoms with Crippen LogP contribution in [0.5, 0.6) is 23.0 Å². The van der Waals surface area contributed by atoms with Crippen LogP contribution in [0.4, 0.5) is 0 Å². The zero-order chi connectivity index (χ0) is 88.5. The minimum Gasteiger partial charge on any atom is -0.489 e. The number of rotatable bonds is 21. The van der Waals surface area contributed by atoms with Crippen molar-refractivity contribution in [2.24, 2.45) is 0 Å². The molecule has 0 atom stereocenters. The van der Waals surface area contributed by atoms with Crippen LogP contribution >= 0.6 is 0 Å². The molecule has 0 spiro atoms. The molecule has 0 amide bonds. The van der Waals surface area contributed by atoms with Crippen molar-refractivity contribution in [3.05, 3.63) is 396 Å². The number of nitrogens with one attached hydrogen (secondary N) is 4. The van der Waals surface area contributed by atoms with Gasteiger partial charge in [-0.3, -0.25) is 0 Å². The molecule has 132 heavy (non-hydrogen) atoms. The van der Waals surface area contributed by atoms with Gasteiger partial charge in [0, 0.05) is 99.8 Å². The Hall–Kier alpha value is -17.1. The molecular formula is C118H86N8O6. The zero-order valence-corrected chi connectivity index (χ0v) is 72.4. The van der Waals surface area contributed by atoms with Crippen molar-refractivity contribution in [3.8, 4) is 123 Å². The number of hydrogen-bond donors (Lipinski definition) is 4. The largest absolute Gasteiger partial charge is 0.489 e. The van der Waals surface area contributed by atoms with E-state index < -0.39 is 11.9 Å². The molecule has 0 radical (unpaired) electrons. The highest BCUT2D eigenvalue weighted by atomic mass is 16.6. The highest BCUT2D eigenvalue weighted by Crippen LogP contribution is 2.54. The van der Waals surface area contributed by atoms with Crippen molar-refractivity contribution in [2.45, 2.75) is 39.5 Å².